The smallest absolute Gasteiger partial charge is 0.0852 e. The topological polar surface area (TPSA) is 9.23 Å². The Hall–Kier alpha value is -1.60. The SMILES string of the molecule is COC1c2cc3c(c(-c4ccc(C(C)(C)C)cc4)c2CC1C)CCC3. The quantitative estimate of drug-likeness (QED) is 0.652. The zero-order chi connectivity index (χ0) is 17.8. The van der Waals surface area contributed by atoms with E-state index in [0.29, 0.717) is 5.92 Å². The van der Waals surface area contributed by atoms with Gasteiger partial charge in [-0.2, -0.15) is 0 Å². The van der Waals surface area contributed by atoms with E-state index in [0.717, 1.165) is 6.42 Å². The summed E-state index contributed by atoms with van der Waals surface area (Å²) < 4.78 is 5.86. The van der Waals surface area contributed by atoms with Gasteiger partial charge in [0.25, 0.3) is 0 Å². The van der Waals surface area contributed by atoms with E-state index in [-0.39, 0.29) is 11.5 Å². The summed E-state index contributed by atoms with van der Waals surface area (Å²) in [5.74, 6) is 0.565. The van der Waals surface area contributed by atoms with Crippen LogP contribution in [0.15, 0.2) is 30.3 Å². The largest absolute Gasteiger partial charge is 0.376 e. The van der Waals surface area contributed by atoms with Crippen molar-refractivity contribution in [3.8, 4) is 11.1 Å². The van der Waals surface area contributed by atoms with Crippen LogP contribution in [-0.2, 0) is 29.4 Å². The van der Waals surface area contributed by atoms with E-state index < -0.39 is 0 Å². The van der Waals surface area contributed by atoms with Crippen LogP contribution in [0, 0.1) is 5.92 Å². The second-order valence-electron chi connectivity index (χ2n) is 8.98. The monoisotopic (exact) mass is 334 g/mol. The van der Waals surface area contributed by atoms with Crippen molar-refractivity contribution in [1.29, 1.82) is 0 Å². The van der Waals surface area contributed by atoms with Crippen molar-refractivity contribution in [3.05, 3.63) is 58.1 Å². The van der Waals surface area contributed by atoms with Gasteiger partial charge in [-0.05, 0) is 76.0 Å². The normalized spacial score (nSPS) is 22.1. The summed E-state index contributed by atoms with van der Waals surface area (Å²) in [6, 6.07) is 11.8. The highest BCUT2D eigenvalue weighted by atomic mass is 16.5. The summed E-state index contributed by atoms with van der Waals surface area (Å²) in [7, 11) is 1.86. The van der Waals surface area contributed by atoms with Gasteiger partial charge in [0, 0.05) is 7.11 Å². The fourth-order valence-electron chi connectivity index (χ4n) is 4.87. The summed E-state index contributed by atoms with van der Waals surface area (Å²) in [6.45, 7) is 9.17. The Labute approximate surface area is 152 Å². The van der Waals surface area contributed by atoms with Crippen LogP contribution in [0.2, 0.25) is 0 Å². The Bertz CT molecular complexity index is 792. The molecular formula is C24H30O. The van der Waals surface area contributed by atoms with Gasteiger partial charge in [-0.3, -0.25) is 0 Å². The highest BCUT2D eigenvalue weighted by Gasteiger charge is 2.34. The second kappa shape index (κ2) is 5.99. The number of rotatable bonds is 2. The average Bonchev–Trinajstić information content (AvgIpc) is 3.14. The first-order valence-corrected chi connectivity index (χ1v) is 9.71. The molecule has 0 aliphatic heterocycles. The van der Waals surface area contributed by atoms with Gasteiger partial charge in [0.15, 0.2) is 0 Å². The van der Waals surface area contributed by atoms with Crippen LogP contribution < -0.4 is 0 Å². The van der Waals surface area contributed by atoms with Crippen molar-refractivity contribution >= 4 is 0 Å². The van der Waals surface area contributed by atoms with Crippen molar-refractivity contribution in [2.45, 2.75) is 64.9 Å². The van der Waals surface area contributed by atoms with Gasteiger partial charge in [-0.25, -0.2) is 0 Å². The molecule has 0 saturated heterocycles. The molecule has 25 heavy (non-hydrogen) atoms. The lowest BCUT2D eigenvalue weighted by atomic mass is 9.84. The minimum absolute atomic E-state index is 0.203. The highest BCUT2D eigenvalue weighted by molar-refractivity contribution is 5.76. The predicted molar refractivity (Wildman–Crippen MR) is 105 cm³/mol. The second-order valence-corrected chi connectivity index (χ2v) is 8.98. The molecule has 4 rings (SSSR count). The zero-order valence-corrected chi connectivity index (χ0v) is 16.3. The Balaban J connectivity index is 1.88. The van der Waals surface area contributed by atoms with Crippen LogP contribution in [-0.4, -0.2) is 7.11 Å². The van der Waals surface area contributed by atoms with Gasteiger partial charge < -0.3 is 4.74 Å². The fourth-order valence-corrected chi connectivity index (χ4v) is 4.87. The predicted octanol–water partition coefficient (Wildman–Crippen LogP) is 6.02. The van der Waals surface area contributed by atoms with E-state index in [2.05, 4.69) is 58.0 Å². The van der Waals surface area contributed by atoms with E-state index in [9.17, 15) is 0 Å². The molecule has 2 aromatic rings. The van der Waals surface area contributed by atoms with E-state index in [4.69, 9.17) is 4.74 Å². The number of benzene rings is 2. The lowest BCUT2D eigenvalue weighted by Crippen LogP contribution is -2.10. The number of methoxy groups -OCH3 is 1. The molecule has 1 heteroatoms. The lowest BCUT2D eigenvalue weighted by Gasteiger charge is -2.21. The van der Waals surface area contributed by atoms with Crippen LogP contribution in [0.5, 0.6) is 0 Å². The molecule has 0 aromatic heterocycles. The maximum absolute atomic E-state index is 5.86. The number of aryl methyl sites for hydroxylation is 1. The van der Waals surface area contributed by atoms with Crippen molar-refractivity contribution in [2.24, 2.45) is 5.92 Å². The van der Waals surface area contributed by atoms with Crippen LogP contribution >= 0.6 is 0 Å². The number of ether oxygens (including phenoxy) is 1. The maximum atomic E-state index is 5.86. The maximum Gasteiger partial charge on any atom is 0.0852 e. The van der Waals surface area contributed by atoms with Gasteiger partial charge in [0.2, 0.25) is 0 Å². The standard InChI is InChI=1S/C24H30O/c1-15-13-20-21(23(15)25-5)14-17-7-6-8-19(17)22(20)16-9-11-18(12-10-16)24(2,3)4/h9-12,14-15,23H,6-8,13H2,1-5H3. The Kier molecular flexibility index (Phi) is 4.03. The number of fused-ring (bicyclic) bond motifs is 2. The van der Waals surface area contributed by atoms with E-state index in [1.807, 2.05) is 7.11 Å². The Morgan fingerprint density at radius 3 is 2.36 bits per heavy atom. The van der Waals surface area contributed by atoms with Gasteiger partial charge in [-0.15, -0.1) is 0 Å². The average molecular weight is 335 g/mol. The van der Waals surface area contributed by atoms with Crippen LogP contribution in [0.3, 0.4) is 0 Å². The Morgan fingerprint density at radius 2 is 1.72 bits per heavy atom. The van der Waals surface area contributed by atoms with E-state index in [1.165, 1.54) is 41.5 Å². The van der Waals surface area contributed by atoms with Gasteiger partial charge in [-0.1, -0.05) is 58.0 Å². The highest BCUT2D eigenvalue weighted by Crippen LogP contribution is 2.47. The molecule has 2 aromatic carbocycles. The van der Waals surface area contributed by atoms with Crippen molar-refractivity contribution < 1.29 is 4.74 Å². The van der Waals surface area contributed by atoms with Gasteiger partial charge >= 0.3 is 0 Å². The zero-order valence-electron chi connectivity index (χ0n) is 16.3. The van der Waals surface area contributed by atoms with Crippen LogP contribution in [0.25, 0.3) is 11.1 Å². The summed E-state index contributed by atoms with van der Waals surface area (Å²) in [4.78, 5) is 0. The van der Waals surface area contributed by atoms with Crippen LogP contribution in [0.4, 0.5) is 0 Å². The molecule has 0 amide bonds. The molecule has 0 spiro atoms. The third-order valence-corrected chi connectivity index (χ3v) is 6.19. The van der Waals surface area contributed by atoms with Crippen molar-refractivity contribution in [1.82, 2.24) is 0 Å². The summed E-state index contributed by atoms with van der Waals surface area (Å²) in [6.07, 6.45) is 5.13. The van der Waals surface area contributed by atoms with Crippen LogP contribution in [0.1, 0.15) is 68.0 Å². The Morgan fingerprint density at radius 1 is 1.00 bits per heavy atom. The summed E-state index contributed by atoms with van der Waals surface area (Å²) in [5.41, 5.74) is 10.7. The molecule has 0 radical (unpaired) electrons. The molecule has 0 N–H and O–H groups in total. The minimum atomic E-state index is 0.203. The molecular weight excluding hydrogens is 304 g/mol. The first kappa shape index (κ1) is 16.8. The van der Waals surface area contributed by atoms with Gasteiger partial charge in [0.1, 0.15) is 0 Å². The lowest BCUT2D eigenvalue weighted by molar-refractivity contribution is 0.0695. The van der Waals surface area contributed by atoms with Gasteiger partial charge in [0.05, 0.1) is 6.10 Å². The van der Waals surface area contributed by atoms with E-state index in [1.54, 1.807) is 16.7 Å². The first-order valence-electron chi connectivity index (χ1n) is 9.71. The van der Waals surface area contributed by atoms with Crippen molar-refractivity contribution in [2.75, 3.05) is 7.11 Å². The third-order valence-electron chi connectivity index (χ3n) is 6.19. The molecule has 1 nitrogen and oxygen atoms in total. The number of hydrogen-bond donors (Lipinski definition) is 0. The fraction of sp³-hybridized carbons (Fsp3) is 0.500. The number of hydrogen-bond acceptors (Lipinski definition) is 1. The molecule has 2 aliphatic carbocycles. The molecule has 132 valence electrons. The molecule has 0 bridgehead atoms. The molecule has 0 heterocycles. The molecule has 2 atom stereocenters. The van der Waals surface area contributed by atoms with E-state index >= 15 is 0 Å². The molecule has 0 fully saturated rings. The molecule has 2 unspecified atom stereocenters. The molecule has 0 saturated carbocycles. The minimum Gasteiger partial charge on any atom is -0.376 e. The summed E-state index contributed by atoms with van der Waals surface area (Å²) in [5, 5.41) is 0. The third kappa shape index (κ3) is 2.73. The first-order chi connectivity index (χ1) is 11.9. The molecule has 2 aliphatic rings. The van der Waals surface area contributed by atoms with Crippen molar-refractivity contribution in [3.63, 3.8) is 0 Å². The summed E-state index contributed by atoms with van der Waals surface area (Å²) >= 11 is 0.